The largest absolute Gasteiger partial charge is 0.396 e. The fourth-order valence-corrected chi connectivity index (χ4v) is 0.266. The van der Waals surface area contributed by atoms with Crippen LogP contribution in [0.5, 0.6) is 0 Å². The van der Waals surface area contributed by atoms with Gasteiger partial charge in [0.2, 0.25) is 0 Å². The van der Waals surface area contributed by atoms with Gasteiger partial charge in [-0.15, -0.1) is 0 Å². The van der Waals surface area contributed by atoms with Crippen molar-refractivity contribution in [2.45, 2.75) is 19.1 Å². The van der Waals surface area contributed by atoms with Gasteiger partial charge >= 0.3 is 0 Å². The fourth-order valence-electron chi connectivity index (χ4n) is 0.266. The average molecular weight is 105 g/mol. The molecule has 0 saturated heterocycles. The second-order valence-electron chi connectivity index (χ2n) is 1.32. The van der Waals surface area contributed by atoms with Crippen LogP contribution in [-0.2, 0) is 5.11 Å². The quantitative estimate of drug-likeness (QED) is 0.476. The third-order valence-electron chi connectivity index (χ3n) is 0.609. The Morgan fingerprint density at radius 2 is 2.14 bits per heavy atom. The van der Waals surface area contributed by atoms with Crippen LogP contribution in [-0.4, -0.2) is 23.1 Å². The minimum Gasteiger partial charge on any atom is -0.396 e. The van der Waals surface area contributed by atoms with E-state index in [0.29, 0.717) is 6.42 Å². The van der Waals surface area contributed by atoms with Gasteiger partial charge in [0.15, 0.2) is 6.29 Å². The highest BCUT2D eigenvalue weighted by Gasteiger charge is 1.95. The van der Waals surface area contributed by atoms with E-state index in [1.807, 2.05) is 0 Å². The maximum absolute atomic E-state index is 9.73. The first kappa shape index (κ1) is 6.88. The van der Waals surface area contributed by atoms with Crippen LogP contribution in [0.1, 0.15) is 12.8 Å². The zero-order valence-corrected chi connectivity index (χ0v) is 4.00. The first-order valence-electron chi connectivity index (χ1n) is 2.22. The molecule has 0 aliphatic heterocycles. The van der Waals surface area contributed by atoms with E-state index in [-0.39, 0.29) is 13.0 Å². The highest BCUT2D eigenvalue weighted by atomic mass is 16.5. The van der Waals surface area contributed by atoms with Crippen LogP contribution in [0.25, 0.3) is 0 Å². The lowest BCUT2D eigenvalue weighted by molar-refractivity contribution is -0.0980. The van der Waals surface area contributed by atoms with Crippen molar-refractivity contribution < 1.29 is 15.3 Å². The predicted molar refractivity (Wildman–Crippen MR) is 23.0 cm³/mol. The van der Waals surface area contributed by atoms with E-state index in [0.717, 1.165) is 0 Å². The molecule has 0 fully saturated rings. The Balaban J connectivity index is 2.68. The summed E-state index contributed by atoms with van der Waals surface area (Å²) in [5.41, 5.74) is 0. The molecule has 0 amide bonds. The molecule has 1 unspecified atom stereocenters. The normalized spacial score (nSPS) is 10.3. The molecule has 0 aliphatic rings. The molecule has 2 N–H and O–H groups in total. The zero-order chi connectivity index (χ0) is 5.70. The van der Waals surface area contributed by atoms with Crippen molar-refractivity contribution >= 4 is 0 Å². The molecule has 7 heavy (non-hydrogen) atoms. The average Bonchev–Trinajstić information content (AvgIpc) is 1.61. The molecule has 0 spiro atoms. The van der Waals surface area contributed by atoms with Gasteiger partial charge in [0.1, 0.15) is 0 Å². The summed E-state index contributed by atoms with van der Waals surface area (Å²) in [4.78, 5) is 0. The van der Waals surface area contributed by atoms with Crippen LogP contribution in [0.15, 0.2) is 0 Å². The van der Waals surface area contributed by atoms with Crippen molar-refractivity contribution in [3.8, 4) is 0 Å². The first-order valence-corrected chi connectivity index (χ1v) is 2.22. The first-order chi connectivity index (χ1) is 3.27. The van der Waals surface area contributed by atoms with Crippen LogP contribution < -0.4 is 0 Å². The van der Waals surface area contributed by atoms with E-state index >= 15 is 0 Å². The highest BCUT2D eigenvalue weighted by Crippen LogP contribution is 1.90. The van der Waals surface area contributed by atoms with Gasteiger partial charge in [-0.1, -0.05) is 0 Å². The van der Waals surface area contributed by atoms with Gasteiger partial charge < -0.3 is 10.2 Å². The van der Waals surface area contributed by atoms with E-state index in [9.17, 15) is 5.11 Å². The Bertz CT molecular complexity index is 35.9. The summed E-state index contributed by atoms with van der Waals surface area (Å²) >= 11 is 0. The van der Waals surface area contributed by atoms with Crippen molar-refractivity contribution in [2.75, 3.05) is 6.61 Å². The third kappa shape index (κ3) is 5.88. The van der Waals surface area contributed by atoms with Gasteiger partial charge in [-0.25, -0.2) is 5.11 Å². The molecule has 0 aromatic rings. The molecule has 0 aromatic carbocycles. The molecule has 0 heterocycles. The summed E-state index contributed by atoms with van der Waals surface area (Å²) in [6, 6.07) is 0. The zero-order valence-electron chi connectivity index (χ0n) is 4.00. The summed E-state index contributed by atoms with van der Waals surface area (Å²) in [6.07, 6.45) is -0.964. The molecule has 1 radical (unpaired) electrons. The van der Waals surface area contributed by atoms with Gasteiger partial charge in [-0.3, -0.25) is 0 Å². The topological polar surface area (TPSA) is 60.4 Å². The second-order valence-corrected chi connectivity index (χ2v) is 1.32. The maximum atomic E-state index is 9.73. The summed E-state index contributed by atoms with van der Waals surface area (Å²) in [6.45, 7) is -0.0146. The van der Waals surface area contributed by atoms with Crippen LogP contribution in [0.2, 0.25) is 0 Å². The van der Waals surface area contributed by atoms with E-state index in [4.69, 9.17) is 10.2 Å². The third-order valence-corrected chi connectivity index (χ3v) is 0.609. The Kier molecular flexibility index (Phi) is 3.98. The fraction of sp³-hybridized carbons (Fsp3) is 1.00. The minimum absolute atomic E-state index is 0.0146. The van der Waals surface area contributed by atoms with Gasteiger partial charge in [0.05, 0.1) is 0 Å². The summed E-state index contributed by atoms with van der Waals surface area (Å²) in [7, 11) is 0. The van der Waals surface area contributed by atoms with Crippen molar-refractivity contribution in [2.24, 2.45) is 0 Å². The monoisotopic (exact) mass is 105 g/mol. The van der Waals surface area contributed by atoms with Crippen molar-refractivity contribution in [3.05, 3.63) is 0 Å². The van der Waals surface area contributed by atoms with Gasteiger partial charge in [-0.05, 0) is 6.42 Å². The number of rotatable bonds is 3. The van der Waals surface area contributed by atoms with E-state index in [2.05, 4.69) is 0 Å². The van der Waals surface area contributed by atoms with Crippen molar-refractivity contribution in [1.29, 1.82) is 0 Å². The number of hydrogen-bond donors (Lipinski definition) is 2. The molecular weight excluding hydrogens is 96.0 g/mol. The second kappa shape index (κ2) is 4.05. The number of hydrogen-bond acceptors (Lipinski definition) is 2. The molecule has 1 atom stereocenters. The lowest BCUT2D eigenvalue weighted by atomic mass is 10.3. The maximum Gasteiger partial charge on any atom is 0.188 e. The Morgan fingerprint density at radius 3 is 2.29 bits per heavy atom. The molecule has 0 aliphatic carbocycles. The van der Waals surface area contributed by atoms with Crippen LogP contribution in [0.3, 0.4) is 0 Å². The van der Waals surface area contributed by atoms with Gasteiger partial charge in [-0.2, -0.15) is 0 Å². The predicted octanol–water partition coefficient (Wildman–Crippen LogP) is -0.492. The summed E-state index contributed by atoms with van der Waals surface area (Å²) < 4.78 is 0. The van der Waals surface area contributed by atoms with Crippen LogP contribution in [0, 0.1) is 0 Å². The molecule has 0 aromatic heterocycles. The van der Waals surface area contributed by atoms with E-state index in [1.165, 1.54) is 0 Å². The lowest BCUT2D eigenvalue weighted by Crippen LogP contribution is -2.02. The smallest absolute Gasteiger partial charge is 0.188 e. The Morgan fingerprint density at radius 1 is 1.57 bits per heavy atom. The number of aliphatic hydroxyl groups is 2. The molecule has 0 rings (SSSR count). The van der Waals surface area contributed by atoms with E-state index in [1.54, 1.807) is 0 Å². The van der Waals surface area contributed by atoms with Gasteiger partial charge in [0, 0.05) is 13.0 Å². The van der Waals surface area contributed by atoms with Crippen molar-refractivity contribution in [1.82, 2.24) is 0 Å². The molecule has 3 heteroatoms. The standard InChI is InChI=1S/C4H9O3/c5-3-1-2-4(6)7/h4-6H,1-3H2. The van der Waals surface area contributed by atoms with E-state index < -0.39 is 6.29 Å². The molecule has 0 saturated carbocycles. The summed E-state index contributed by atoms with van der Waals surface area (Å²) in [5, 5.41) is 25.8. The molecular formula is C4H9O3. The van der Waals surface area contributed by atoms with Crippen molar-refractivity contribution in [3.63, 3.8) is 0 Å². The minimum atomic E-state index is -1.51. The highest BCUT2D eigenvalue weighted by molar-refractivity contribution is 4.36. The number of aliphatic hydroxyl groups excluding tert-OH is 2. The Labute approximate surface area is 42.2 Å². The van der Waals surface area contributed by atoms with Gasteiger partial charge in [0.25, 0.3) is 0 Å². The molecule has 3 nitrogen and oxygen atoms in total. The molecule has 43 valence electrons. The van der Waals surface area contributed by atoms with Crippen LogP contribution >= 0.6 is 0 Å². The van der Waals surface area contributed by atoms with Crippen LogP contribution in [0.4, 0.5) is 0 Å². The SMILES string of the molecule is [O]C(O)CCCO. The lowest BCUT2D eigenvalue weighted by Gasteiger charge is -1.94. The Hall–Kier alpha value is -0.120. The summed E-state index contributed by atoms with van der Waals surface area (Å²) in [5.74, 6) is 0. The molecule has 0 bridgehead atoms.